The Bertz CT molecular complexity index is 192. The molecule has 3 atom stereocenters. The van der Waals surface area contributed by atoms with Gasteiger partial charge < -0.3 is 5.11 Å². The van der Waals surface area contributed by atoms with E-state index in [-0.39, 0.29) is 23.4 Å². The summed E-state index contributed by atoms with van der Waals surface area (Å²) >= 11 is 0. The third-order valence-corrected chi connectivity index (χ3v) is 3.42. The predicted molar refractivity (Wildman–Crippen MR) is 53.6 cm³/mol. The van der Waals surface area contributed by atoms with Gasteiger partial charge in [0.25, 0.3) is 0 Å². The SMILES string of the molecule is CCC(CO)[C@@H]1CCCC[C@@H]1[N+](=O)[O-]. The molecule has 1 N–H and O–H groups in total. The summed E-state index contributed by atoms with van der Waals surface area (Å²) in [7, 11) is 0. The van der Waals surface area contributed by atoms with Crippen LogP contribution in [-0.4, -0.2) is 22.7 Å². The molecule has 0 bridgehead atoms. The number of nitro groups is 1. The third-order valence-electron chi connectivity index (χ3n) is 3.42. The lowest BCUT2D eigenvalue weighted by Crippen LogP contribution is -2.37. The Morgan fingerprint density at radius 1 is 1.50 bits per heavy atom. The molecule has 82 valence electrons. The van der Waals surface area contributed by atoms with Gasteiger partial charge in [0.15, 0.2) is 0 Å². The molecule has 1 fully saturated rings. The number of rotatable bonds is 4. The van der Waals surface area contributed by atoms with E-state index in [1.165, 1.54) is 0 Å². The summed E-state index contributed by atoms with van der Waals surface area (Å²) in [5.41, 5.74) is 0. The van der Waals surface area contributed by atoms with E-state index >= 15 is 0 Å². The van der Waals surface area contributed by atoms with Crippen molar-refractivity contribution in [3.63, 3.8) is 0 Å². The lowest BCUT2D eigenvalue weighted by Gasteiger charge is -2.30. The van der Waals surface area contributed by atoms with Crippen LogP contribution in [0.25, 0.3) is 0 Å². The van der Waals surface area contributed by atoms with Gasteiger partial charge in [-0.25, -0.2) is 0 Å². The van der Waals surface area contributed by atoms with Gasteiger partial charge in [-0.2, -0.15) is 0 Å². The van der Waals surface area contributed by atoms with Crippen molar-refractivity contribution < 1.29 is 10.0 Å². The Labute approximate surface area is 84.5 Å². The zero-order valence-electron chi connectivity index (χ0n) is 8.69. The molecule has 0 aliphatic heterocycles. The Balaban J connectivity index is 2.65. The molecular weight excluding hydrogens is 182 g/mol. The van der Waals surface area contributed by atoms with Crippen molar-refractivity contribution in [3.8, 4) is 0 Å². The van der Waals surface area contributed by atoms with Gasteiger partial charge in [0.05, 0.1) is 0 Å². The molecule has 14 heavy (non-hydrogen) atoms. The van der Waals surface area contributed by atoms with Crippen LogP contribution in [0.2, 0.25) is 0 Å². The van der Waals surface area contributed by atoms with Crippen molar-refractivity contribution in [1.29, 1.82) is 0 Å². The highest BCUT2D eigenvalue weighted by Crippen LogP contribution is 2.33. The van der Waals surface area contributed by atoms with Gasteiger partial charge in [-0.3, -0.25) is 10.1 Å². The number of nitrogens with zero attached hydrogens (tertiary/aromatic N) is 1. The summed E-state index contributed by atoms with van der Waals surface area (Å²) in [6.07, 6.45) is 4.47. The van der Waals surface area contributed by atoms with Gasteiger partial charge in [0.1, 0.15) is 0 Å². The Hall–Kier alpha value is -0.640. The minimum absolute atomic E-state index is 0.0888. The molecule has 0 spiro atoms. The molecule has 0 aromatic heterocycles. The maximum atomic E-state index is 10.8. The van der Waals surface area contributed by atoms with Crippen molar-refractivity contribution in [3.05, 3.63) is 10.1 Å². The zero-order chi connectivity index (χ0) is 10.6. The van der Waals surface area contributed by atoms with Crippen LogP contribution in [0.3, 0.4) is 0 Å². The van der Waals surface area contributed by atoms with Crippen LogP contribution in [0.1, 0.15) is 39.0 Å². The summed E-state index contributed by atoms with van der Waals surface area (Å²) in [5.74, 6) is 0.208. The molecule has 1 saturated carbocycles. The second-order valence-electron chi connectivity index (χ2n) is 4.15. The van der Waals surface area contributed by atoms with Crippen LogP contribution >= 0.6 is 0 Å². The van der Waals surface area contributed by atoms with Gasteiger partial charge in [0.2, 0.25) is 6.04 Å². The van der Waals surface area contributed by atoms with Gasteiger partial charge in [0, 0.05) is 23.9 Å². The molecule has 1 unspecified atom stereocenters. The molecule has 1 rings (SSSR count). The summed E-state index contributed by atoms with van der Waals surface area (Å²) in [5, 5.41) is 20.0. The Kier molecular flexibility index (Phi) is 4.32. The standard InChI is InChI=1S/C10H19NO3/c1-2-8(7-12)9-5-3-4-6-10(9)11(13)14/h8-10,12H,2-7H2,1H3/t8?,9-,10-/m0/s1. The van der Waals surface area contributed by atoms with Gasteiger partial charge >= 0.3 is 0 Å². The normalized spacial score (nSPS) is 29.9. The fraction of sp³-hybridized carbons (Fsp3) is 1.00. The van der Waals surface area contributed by atoms with Gasteiger partial charge in [-0.05, 0) is 18.8 Å². The molecular formula is C10H19NO3. The van der Waals surface area contributed by atoms with E-state index in [1.807, 2.05) is 6.92 Å². The van der Waals surface area contributed by atoms with E-state index in [9.17, 15) is 10.1 Å². The molecule has 1 aliphatic carbocycles. The predicted octanol–water partition coefficient (Wildman–Crippen LogP) is 1.84. The highest BCUT2D eigenvalue weighted by atomic mass is 16.6. The first-order valence-electron chi connectivity index (χ1n) is 5.45. The van der Waals surface area contributed by atoms with E-state index in [4.69, 9.17) is 5.11 Å². The van der Waals surface area contributed by atoms with Crippen LogP contribution in [-0.2, 0) is 0 Å². The van der Waals surface area contributed by atoms with Crippen molar-refractivity contribution in [1.82, 2.24) is 0 Å². The second-order valence-corrected chi connectivity index (χ2v) is 4.15. The van der Waals surface area contributed by atoms with E-state index in [2.05, 4.69) is 0 Å². The van der Waals surface area contributed by atoms with E-state index < -0.39 is 6.04 Å². The first kappa shape index (κ1) is 11.4. The molecule has 0 radical (unpaired) electrons. The van der Waals surface area contributed by atoms with Crippen molar-refractivity contribution in [2.24, 2.45) is 11.8 Å². The van der Waals surface area contributed by atoms with Crippen LogP contribution in [0.5, 0.6) is 0 Å². The zero-order valence-corrected chi connectivity index (χ0v) is 8.69. The molecule has 0 saturated heterocycles. The monoisotopic (exact) mass is 201 g/mol. The Morgan fingerprint density at radius 2 is 2.14 bits per heavy atom. The fourth-order valence-corrected chi connectivity index (χ4v) is 2.52. The minimum atomic E-state index is -0.416. The van der Waals surface area contributed by atoms with Crippen LogP contribution < -0.4 is 0 Å². The molecule has 1 aliphatic rings. The van der Waals surface area contributed by atoms with E-state index in [0.717, 1.165) is 25.7 Å². The topological polar surface area (TPSA) is 63.4 Å². The molecule has 4 heteroatoms. The van der Waals surface area contributed by atoms with Crippen molar-refractivity contribution in [2.75, 3.05) is 6.61 Å². The number of aliphatic hydroxyl groups is 1. The number of aliphatic hydroxyl groups excluding tert-OH is 1. The molecule has 0 heterocycles. The van der Waals surface area contributed by atoms with Crippen LogP contribution in [0.4, 0.5) is 0 Å². The smallest absolute Gasteiger partial charge is 0.216 e. The first-order chi connectivity index (χ1) is 6.70. The molecule has 4 nitrogen and oxygen atoms in total. The quantitative estimate of drug-likeness (QED) is 0.557. The van der Waals surface area contributed by atoms with E-state index in [0.29, 0.717) is 6.42 Å². The van der Waals surface area contributed by atoms with Crippen molar-refractivity contribution >= 4 is 0 Å². The Morgan fingerprint density at radius 3 is 2.64 bits per heavy atom. The number of hydrogen-bond donors (Lipinski definition) is 1. The minimum Gasteiger partial charge on any atom is -0.396 e. The largest absolute Gasteiger partial charge is 0.396 e. The molecule has 0 amide bonds. The third kappa shape index (κ3) is 2.44. The maximum Gasteiger partial charge on any atom is 0.216 e. The highest BCUT2D eigenvalue weighted by molar-refractivity contribution is 4.80. The summed E-state index contributed by atoms with van der Waals surface area (Å²) in [6.45, 7) is 2.08. The maximum absolute atomic E-state index is 10.8. The van der Waals surface area contributed by atoms with Crippen molar-refractivity contribution in [2.45, 2.75) is 45.1 Å². The highest BCUT2D eigenvalue weighted by Gasteiger charge is 2.37. The first-order valence-corrected chi connectivity index (χ1v) is 5.45. The van der Waals surface area contributed by atoms with Gasteiger partial charge in [-0.15, -0.1) is 0 Å². The summed E-state index contributed by atoms with van der Waals surface area (Å²) < 4.78 is 0. The van der Waals surface area contributed by atoms with Crippen LogP contribution in [0, 0.1) is 22.0 Å². The lowest BCUT2D eigenvalue weighted by atomic mass is 9.76. The summed E-state index contributed by atoms with van der Waals surface area (Å²) in [4.78, 5) is 10.7. The number of hydrogen-bond acceptors (Lipinski definition) is 3. The average molecular weight is 201 g/mol. The van der Waals surface area contributed by atoms with Crippen LogP contribution in [0.15, 0.2) is 0 Å². The molecule has 0 aromatic rings. The lowest BCUT2D eigenvalue weighted by molar-refractivity contribution is -0.538. The average Bonchev–Trinajstić information content (AvgIpc) is 2.20. The fourth-order valence-electron chi connectivity index (χ4n) is 2.52. The molecule has 0 aromatic carbocycles. The summed E-state index contributed by atoms with van der Waals surface area (Å²) in [6, 6.07) is -0.416. The van der Waals surface area contributed by atoms with Gasteiger partial charge in [-0.1, -0.05) is 19.8 Å². The second kappa shape index (κ2) is 5.29. The van der Waals surface area contributed by atoms with E-state index in [1.54, 1.807) is 0 Å².